The Morgan fingerprint density at radius 3 is 2.46 bits per heavy atom. The Balaban J connectivity index is 2.58. The number of hydrogen-bond acceptors (Lipinski definition) is 1. The molecule has 0 saturated carbocycles. The van der Waals surface area contributed by atoms with E-state index in [0.717, 1.165) is 0 Å². The van der Waals surface area contributed by atoms with Gasteiger partial charge in [0.2, 0.25) is 0 Å². The van der Waals surface area contributed by atoms with Crippen LogP contribution < -0.4 is 0 Å². The molecular weight excluding hydrogens is 176 g/mol. The molecule has 0 saturated heterocycles. The first-order valence-electron chi connectivity index (χ1n) is 4.72. The van der Waals surface area contributed by atoms with Crippen LogP contribution in [0.25, 0.3) is 20.2 Å². The minimum Gasteiger partial charge on any atom is -0.135 e. The average Bonchev–Trinajstić information content (AvgIpc) is 2.56. The van der Waals surface area contributed by atoms with Crippen molar-refractivity contribution in [2.24, 2.45) is 0 Å². The molecule has 1 heterocycles. The Labute approximate surface area is 81.8 Å². The third-order valence-electron chi connectivity index (χ3n) is 2.22. The molecule has 3 rings (SSSR count). The van der Waals surface area contributed by atoms with Gasteiger partial charge in [0.15, 0.2) is 0 Å². The third-order valence-corrected chi connectivity index (χ3v) is 3.37. The predicted molar refractivity (Wildman–Crippen MR) is 59.3 cm³/mol. The fourth-order valence-electron chi connectivity index (χ4n) is 1.61. The van der Waals surface area contributed by atoms with E-state index >= 15 is 0 Å². The van der Waals surface area contributed by atoms with Crippen LogP contribution in [0.4, 0.5) is 0 Å². The third kappa shape index (κ3) is 0.973. The van der Waals surface area contributed by atoms with E-state index in [1.165, 1.54) is 20.2 Å². The fraction of sp³-hybridized carbons (Fsp3) is 0. The minimum atomic E-state index is 0.584. The van der Waals surface area contributed by atoms with Crippen molar-refractivity contribution in [1.82, 2.24) is 0 Å². The number of rotatable bonds is 0. The molecule has 0 bridgehead atoms. The van der Waals surface area contributed by atoms with Gasteiger partial charge in [0, 0.05) is 20.2 Å². The van der Waals surface area contributed by atoms with Gasteiger partial charge in [-0.25, -0.2) is 0 Å². The first-order chi connectivity index (χ1) is 6.84. The van der Waals surface area contributed by atoms with Crippen LogP contribution in [0.15, 0.2) is 48.5 Å². The molecule has 0 spiro atoms. The molecule has 0 radical (unpaired) electrons. The summed E-state index contributed by atoms with van der Waals surface area (Å²) in [5.74, 6) is 0. The number of benzene rings is 2. The number of fused-ring (bicyclic) bond motifs is 3. The summed E-state index contributed by atoms with van der Waals surface area (Å²) < 4.78 is 10.2. The van der Waals surface area contributed by atoms with Gasteiger partial charge in [-0.2, -0.15) is 0 Å². The largest absolute Gasteiger partial charge is 0.135 e. The van der Waals surface area contributed by atoms with E-state index in [2.05, 4.69) is 18.2 Å². The van der Waals surface area contributed by atoms with E-state index in [-0.39, 0.29) is 0 Å². The minimum absolute atomic E-state index is 0.584. The van der Waals surface area contributed by atoms with E-state index in [1.807, 2.05) is 24.3 Å². The van der Waals surface area contributed by atoms with Crippen molar-refractivity contribution in [3.63, 3.8) is 0 Å². The van der Waals surface area contributed by atoms with Crippen LogP contribution in [0.2, 0.25) is 0 Å². The Bertz CT molecular complexity index is 610. The second-order valence-electron chi connectivity index (χ2n) is 3.02. The zero-order valence-corrected chi connectivity index (χ0v) is 7.77. The molecule has 3 aromatic rings. The highest BCUT2D eigenvalue weighted by molar-refractivity contribution is 7.25. The molecule has 1 aromatic heterocycles. The quantitative estimate of drug-likeness (QED) is 0.495. The molecule has 0 aliphatic carbocycles. The van der Waals surface area contributed by atoms with Crippen LogP contribution in [-0.2, 0) is 0 Å². The van der Waals surface area contributed by atoms with Crippen LogP contribution in [-0.4, -0.2) is 0 Å². The molecular formula is C12H8S. The van der Waals surface area contributed by atoms with Crippen LogP contribution >= 0.6 is 11.3 Å². The van der Waals surface area contributed by atoms with E-state index in [9.17, 15) is 0 Å². The lowest BCUT2D eigenvalue weighted by atomic mass is 10.2. The highest BCUT2D eigenvalue weighted by Gasteiger charge is 2.01. The lowest BCUT2D eigenvalue weighted by Gasteiger charge is -1.88. The molecule has 0 unspecified atom stereocenters. The fourth-order valence-corrected chi connectivity index (χ4v) is 2.70. The van der Waals surface area contributed by atoms with Gasteiger partial charge in [-0.3, -0.25) is 0 Å². The van der Waals surface area contributed by atoms with Crippen molar-refractivity contribution >= 4 is 31.5 Å². The molecule has 13 heavy (non-hydrogen) atoms. The highest BCUT2D eigenvalue weighted by atomic mass is 32.1. The predicted octanol–water partition coefficient (Wildman–Crippen LogP) is 4.05. The van der Waals surface area contributed by atoms with E-state index < -0.39 is 0 Å². The van der Waals surface area contributed by atoms with Gasteiger partial charge in [-0.1, -0.05) is 36.4 Å². The van der Waals surface area contributed by atoms with Gasteiger partial charge in [0.25, 0.3) is 0 Å². The second kappa shape index (κ2) is 2.57. The average molecular weight is 185 g/mol. The van der Waals surface area contributed by atoms with Gasteiger partial charge >= 0.3 is 0 Å². The summed E-state index contributed by atoms with van der Waals surface area (Å²) in [6.07, 6.45) is 0. The molecule has 0 aliphatic rings. The molecule has 0 atom stereocenters. The summed E-state index contributed by atoms with van der Waals surface area (Å²) in [7, 11) is 0. The molecule has 62 valence electrons. The lowest BCUT2D eigenvalue weighted by molar-refractivity contribution is 1.84. The standard InChI is InChI=1S/C12H8S/c1-3-7-11-9(5-1)10-6-2-4-8-12(10)13-11/h1-8H/i1D. The summed E-state index contributed by atoms with van der Waals surface area (Å²) in [4.78, 5) is 0. The zero-order chi connectivity index (χ0) is 9.54. The van der Waals surface area contributed by atoms with Crippen molar-refractivity contribution in [2.75, 3.05) is 0 Å². The SMILES string of the molecule is [2H]c1ccc2sc3ccccc3c2c1. The Hall–Kier alpha value is -1.34. The van der Waals surface area contributed by atoms with Gasteiger partial charge in [0.1, 0.15) is 0 Å². The number of thiophene rings is 1. The topological polar surface area (TPSA) is 0 Å². The van der Waals surface area contributed by atoms with Gasteiger partial charge in [0.05, 0.1) is 1.37 Å². The Morgan fingerprint density at radius 1 is 0.846 bits per heavy atom. The lowest BCUT2D eigenvalue weighted by Crippen LogP contribution is -1.62. The summed E-state index contributed by atoms with van der Waals surface area (Å²) in [6.45, 7) is 0. The summed E-state index contributed by atoms with van der Waals surface area (Å²) in [6, 6.07) is 14.7. The summed E-state index contributed by atoms with van der Waals surface area (Å²) in [5, 5.41) is 2.47. The Morgan fingerprint density at radius 2 is 1.54 bits per heavy atom. The summed E-state index contributed by atoms with van der Waals surface area (Å²) >= 11 is 1.79. The zero-order valence-electron chi connectivity index (χ0n) is 7.95. The molecule has 1 heteroatoms. The Kier molecular flexibility index (Phi) is 1.22. The van der Waals surface area contributed by atoms with Crippen molar-refractivity contribution in [3.8, 4) is 0 Å². The van der Waals surface area contributed by atoms with Crippen molar-refractivity contribution < 1.29 is 1.37 Å². The molecule has 0 aliphatic heterocycles. The molecule has 0 nitrogen and oxygen atoms in total. The van der Waals surface area contributed by atoms with Crippen LogP contribution in [0.5, 0.6) is 0 Å². The van der Waals surface area contributed by atoms with Crippen LogP contribution in [0.1, 0.15) is 1.37 Å². The van der Waals surface area contributed by atoms with Gasteiger partial charge in [-0.15, -0.1) is 11.3 Å². The maximum Gasteiger partial charge on any atom is 0.0623 e. The van der Waals surface area contributed by atoms with Gasteiger partial charge in [-0.05, 0) is 12.1 Å². The van der Waals surface area contributed by atoms with E-state index in [0.29, 0.717) is 6.04 Å². The first-order valence-corrected chi connectivity index (χ1v) is 5.04. The number of hydrogen-bond donors (Lipinski definition) is 0. The van der Waals surface area contributed by atoms with Gasteiger partial charge < -0.3 is 0 Å². The second-order valence-corrected chi connectivity index (χ2v) is 4.10. The molecule has 0 N–H and O–H groups in total. The van der Waals surface area contributed by atoms with E-state index in [1.54, 1.807) is 11.3 Å². The highest BCUT2D eigenvalue weighted by Crippen LogP contribution is 2.32. The first kappa shape index (κ1) is 6.17. The smallest absolute Gasteiger partial charge is 0.0623 e. The van der Waals surface area contributed by atoms with E-state index in [4.69, 9.17) is 1.37 Å². The normalized spacial score (nSPS) is 12.2. The molecule has 0 amide bonds. The maximum atomic E-state index is 7.60. The maximum absolute atomic E-state index is 7.60. The summed E-state index contributed by atoms with van der Waals surface area (Å²) in [5.41, 5.74) is 0. The van der Waals surface area contributed by atoms with Crippen molar-refractivity contribution in [1.29, 1.82) is 0 Å². The van der Waals surface area contributed by atoms with Crippen molar-refractivity contribution in [2.45, 2.75) is 0 Å². The van der Waals surface area contributed by atoms with Crippen LogP contribution in [0, 0.1) is 0 Å². The molecule has 0 fully saturated rings. The molecule has 2 aromatic carbocycles. The monoisotopic (exact) mass is 185 g/mol. The van der Waals surface area contributed by atoms with Crippen LogP contribution in [0.3, 0.4) is 0 Å². The van der Waals surface area contributed by atoms with Crippen molar-refractivity contribution in [3.05, 3.63) is 48.5 Å².